The molecule has 1 fully saturated rings. The summed E-state index contributed by atoms with van der Waals surface area (Å²) in [6.45, 7) is 4.42. The van der Waals surface area contributed by atoms with Crippen molar-refractivity contribution in [2.75, 3.05) is 6.54 Å². The van der Waals surface area contributed by atoms with Crippen LogP contribution in [0.4, 0.5) is 0 Å². The molecule has 0 aliphatic heterocycles. The Bertz CT molecular complexity index is 603. The largest absolute Gasteiger partial charge is 0.312 e. The zero-order valence-corrected chi connectivity index (χ0v) is 13.5. The van der Waals surface area contributed by atoms with Crippen molar-refractivity contribution in [2.45, 2.75) is 39.2 Å². The number of rotatable bonds is 4. The van der Waals surface area contributed by atoms with E-state index in [-0.39, 0.29) is 0 Å². The topological polar surface area (TPSA) is 24.9 Å². The Labute approximate surface area is 129 Å². The van der Waals surface area contributed by atoms with Gasteiger partial charge in [0.25, 0.3) is 0 Å². The van der Waals surface area contributed by atoms with Crippen LogP contribution in [0.5, 0.6) is 0 Å². The van der Waals surface area contributed by atoms with E-state index in [4.69, 9.17) is 0 Å². The molecule has 20 heavy (non-hydrogen) atoms. The standard InChI is InChI=1S/C17H21BrN2/c1-17(8-2-3-9-17)12-19-11-13-6-7-15(18)14-5-4-10-20-16(13)14/h4-7,10,19H,2-3,8-9,11-12H2,1H3. The van der Waals surface area contributed by atoms with Crippen molar-refractivity contribution < 1.29 is 0 Å². The average molecular weight is 333 g/mol. The summed E-state index contributed by atoms with van der Waals surface area (Å²) in [5, 5.41) is 4.83. The van der Waals surface area contributed by atoms with Crippen LogP contribution in [0.25, 0.3) is 10.9 Å². The number of pyridine rings is 1. The molecule has 1 N–H and O–H groups in total. The molecule has 0 atom stereocenters. The lowest BCUT2D eigenvalue weighted by molar-refractivity contribution is 0.315. The first-order chi connectivity index (χ1) is 9.68. The van der Waals surface area contributed by atoms with E-state index in [9.17, 15) is 0 Å². The molecule has 1 aliphatic rings. The van der Waals surface area contributed by atoms with Crippen LogP contribution in [-0.2, 0) is 6.54 Å². The summed E-state index contributed by atoms with van der Waals surface area (Å²) in [5.74, 6) is 0. The van der Waals surface area contributed by atoms with Crippen molar-refractivity contribution in [2.24, 2.45) is 5.41 Å². The first kappa shape index (κ1) is 14.0. The third-order valence-electron chi connectivity index (χ3n) is 4.48. The van der Waals surface area contributed by atoms with Gasteiger partial charge in [0.1, 0.15) is 0 Å². The van der Waals surface area contributed by atoms with Gasteiger partial charge < -0.3 is 5.32 Å². The minimum atomic E-state index is 0.499. The summed E-state index contributed by atoms with van der Waals surface area (Å²) in [5.41, 5.74) is 2.88. The van der Waals surface area contributed by atoms with Crippen LogP contribution in [0.1, 0.15) is 38.2 Å². The van der Waals surface area contributed by atoms with Gasteiger partial charge >= 0.3 is 0 Å². The highest BCUT2D eigenvalue weighted by Gasteiger charge is 2.27. The lowest BCUT2D eigenvalue weighted by atomic mass is 9.89. The Balaban J connectivity index is 1.73. The Hall–Kier alpha value is -0.930. The Morgan fingerprint density at radius 2 is 2.05 bits per heavy atom. The van der Waals surface area contributed by atoms with Crippen LogP contribution < -0.4 is 5.32 Å². The van der Waals surface area contributed by atoms with Crippen molar-refractivity contribution in [1.82, 2.24) is 10.3 Å². The molecule has 0 amide bonds. The molecule has 2 nitrogen and oxygen atoms in total. The summed E-state index contributed by atoms with van der Waals surface area (Å²) in [4.78, 5) is 4.54. The van der Waals surface area contributed by atoms with Crippen molar-refractivity contribution in [1.29, 1.82) is 0 Å². The van der Waals surface area contributed by atoms with Gasteiger partial charge in [-0.2, -0.15) is 0 Å². The van der Waals surface area contributed by atoms with E-state index in [1.54, 1.807) is 0 Å². The predicted octanol–water partition coefficient (Wildman–Crippen LogP) is 4.67. The summed E-state index contributed by atoms with van der Waals surface area (Å²) >= 11 is 3.60. The quantitative estimate of drug-likeness (QED) is 0.880. The van der Waals surface area contributed by atoms with E-state index in [2.05, 4.69) is 51.4 Å². The summed E-state index contributed by atoms with van der Waals surface area (Å²) in [7, 11) is 0. The lowest BCUT2D eigenvalue weighted by Crippen LogP contribution is -2.29. The molecular formula is C17H21BrN2. The number of benzene rings is 1. The maximum atomic E-state index is 4.54. The Morgan fingerprint density at radius 1 is 1.25 bits per heavy atom. The number of fused-ring (bicyclic) bond motifs is 1. The third-order valence-corrected chi connectivity index (χ3v) is 5.17. The van der Waals surface area contributed by atoms with E-state index < -0.39 is 0 Å². The van der Waals surface area contributed by atoms with Crippen molar-refractivity contribution >= 4 is 26.8 Å². The Morgan fingerprint density at radius 3 is 2.85 bits per heavy atom. The van der Waals surface area contributed by atoms with Crippen LogP contribution in [0.15, 0.2) is 34.9 Å². The first-order valence-electron chi connectivity index (χ1n) is 7.41. The molecule has 3 heteroatoms. The number of halogens is 1. The normalized spacial score (nSPS) is 17.7. The summed E-state index contributed by atoms with van der Waals surface area (Å²) < 4.78 is 1.12. The van der Waals surface area contributed by atoms with Crippen LogP contribution in [0.2, 0.25) is 0 Å². The molecule has 1 aromatic heterocycles. The number of nitrogens with zero attached hydrogens (tertiary/aromatic N) is 1. The van der Waals surface area contributed by atoms with Crippen LogP contribution in [0, 0.1) is 5.41 Å². The molecule has 1 aliphatic carbocycles. The van der Waals surface area contributed by atoms with E-state index >= 15 is 0 Å². The summed E-state index contributed by atoms with van der Waals surface area (Å²) in [6.07, 6.45) is 7.37. The van der Waals surface area contributed by atoms with Crippen molar-refractivity contribution in [3.05, 3.63) is 40.5 Å². The number of nitrogens with one attached hydrogen (secondary N) is 1. The molecule has 0 spiro atoms. The van der Waals surface area contributed by atoms with Crippen LogP contribution in [-0.4, -0.2) is 11.5 Å². The number of hydrogen-bond acceptors (Lipinski definition) is 2. The zero-order chi connectivity index (χ0) is 14.0. The molecule has 106 valence electrons. The predicted molar refractivity (Wildman–Crippen MR) is 87.7 cm³/mol. The number of aromatic nitrogens is 1. The van der Waals surface area contributed by atoms with Gasteiger partial charge in [-0.25, -0.2) is 0 Å². The van der Waals surface area contributed by atoms with E-state index in [0.717, 1.165) is 23.1 Å². The molecule has 0 radical (unpaired) electrons. The second-order valence-corrected chi connectivity index (χ2v) is 7.08. The molecule has 0 bridgehead atoms. The van der Waals surface area contributed by atoms with Gasteiger partial charge in [0.15, 0.2) is 0 Å². The second-order valence-electron chi connectivity index (χ2n) is 6.23. The van der Waals surface area contributed by atoms with Gasteiger partial charge in [-0.05, 0) is 36.0 Å². The SMILES string of the molecule is CC1(CNCc2ccc(Br)c3cccnc23)CCCC1. The molecule has 1 heterocycles. The highest BCUT2D eigenvalue weighted by molar-refractivity contribution is 9.10. The van der Waals surface area contributed by atoms with Crippen molar-refractivity contribution in [3.63, 3.8) is 0 Å². The molecule has 0 saturated heterocycles. The Kier molecular flexibility index (Phi) is 4.08. The minimum absolute atomic E-state index is 0.499. The highest BCUT2D eigenvalue weighted by Crippen LogP contribution is 2.36. The molecule has 2 aromatic rings. The third kappa shape index (κ3) is 2.89. The first-order valence-corrected chi connectivity index (χ1v) is 8.20. The molecule has 1 saturated carbocycles. The fourth-order valence-corrected chi connectivity index (χ4v) is 3.70. The average Bonchev–Trinajstić information content (AvgIpc) is 2.89. The molecule has 3 rings (SSSR count). The number of hydrogen-bond donors (Lipinski definition) is 1. The van der Waals surface area contributed by atoms with Crippen LogP contribution >= 0.6 is 15.9 Å². The maximum absolute atomic E-state index is 4.54. The summed E-state index contributed by atoms with van der Waals surface area (Å²) in [6, 6.07) is 8.40. The van der Waals surface area contributed by atoms with Gasteiger partial charge in [0.2, 0.25) is 0 Å². The fourth-order valence-electron chi connectivity index (χ4n) is 3.24. The smallest absolute Gasteiger partial charge is 0.0758 e. The van der Waals surface area contributed by atoms with E-state index in [1.807, 2.05) is 12.3 Å². The van der Waals surface area contributed by atoms with Crippen molar-refractivity contribution in [3.8, 4) is 0 Å². The maximum Gasteiger partial charge on any atom is 0.0758 e. The van der Waals surface area contributed by atoms with Gasteiger partial charge in [0, 0.05) is 29.1 Å². The van der Waals surface area contributed by atoms with Gasteiger partial charge in [-0.3, -0.25) is 4.98 Å². The highest BCUT2D eigenvalue weighted by atomic mass is 79.9. The van der Waals surface area contributed by atoms with Gasteiger partial charge in [0.05, 0.1) is 5.52 Å². The molecule has 1 aromatic carbocycles. The van der Waals surface area contributed by atoms with E-state index in [0.29, 0.717) is 5.41 Å². The lowest BCUT2D eigenvalue weighted by Gasteiger charge is -2.24. The molecular weight excluding hydrogens is 312 g/mol. The minimum Gasteiger partial charge on any atom is -0.312 e. The zero-order valence-electron chi connectivity index (χ0n) is 12.0. The second kappa shape index (κ2) is 5.82. The molecule has 0 unspecified atom stereocenters. The van der Waals surface area contributed by atoms with E-state index in [1.165, 1.54) is 36.6 Å². The van der Waals surface area contributed by atoms with Gasteiger partial charge in [-0.15, -0.1) is 0 Å². The fraction of sp³-hybridized carbons (Fsp3) is 0.471. The van der Waals surface area contributed by atoms with Crippen LogP contribution in [0.3, 0.4) is 0 Å². The van der Waals surface area contributed by atoms with Gasteiger partial charge in [-0.1, -0.05) is 47.8 Å². The monoisotopic (exact) mass is 332 g/mol.